The molecule has 0 aliphatic heterocycles. The van der Waals surface area contributed by atoms with Crippen molar-refractivity contribution in [2.75, 3.05) is 11.9 Å². The molecule has 66 valence electrons. The second-order valence-corrected chi connectivity index (χ2v) is 2.83. The first kappa shape index (κ1) is 8.87. The fraction of sp³-hybridized carbons (Fsp3) is 0.333. The van der Waals surface area contributed by atoms with Crippen LogP contribution < -0.4 is 11.1 Å². The summed E-state index contributed by atoms with van der Waals surface area (Å²) < 4.78 is 0. The predicted molar refractivity (Wildman–Crippen MR) is 50.2 cm³/mol. The largest absolute Gasteiger partial charge is 0.508 e. The van der Waals surface area contributed by atoms with Crippen molar-refractivity contribution in [2.24, 2.45) is 5.73 Å². The quantitative estimate of drug-likeness (QED) is 0.631. The molecule has 1 unspecified atom stereocenters. The lowest BCUT2D eigenvalue weighted by atomic mass is 10.2. The van der Waals surface area contributed by atoms with Crippen LogP contribution in [0.2, 0.25) is 0 Å². The molecule has 0 saturated carbocycles. The molecular formula is C9H14N2O. The number of hydrogen-bond acceptors (Lipinski definition) is 3. The van der Waals surface area contributed by atoms with Crippen molar-refractivity contribution in [3.05, 3.63) is 24.3 Å². The molecular weight excluding hydrogens is 152 g/mol. The Morgan fingerprint density at radius 1 is 1.58 bits per heavy atom. The molecule has 0 aliphatic carbocycles. The van der Waals surface area contributed by atoms with E-state index in [2.05, 4.69) is 5.32 Å². The zero-order valence-corrected chi connectivity index (χ0v) is 7.12. The number of rotatable bonds is 3. The van der Waals surface area contributed by atoms with Gasteiger partial charge in [-0.3, -0.25) is 0 Å². The minimum absolute atomic E-state index is 0.229. The number of hydrogen-bond donors (Lipinski definition) is 3. The van der Waals surface area contributed by atoms with E-state index in [1.807, 2.05) is 13.0 Å². The van der Waals surface area contributed by atoms with Crippen molar-refractivity contribution in [1.82, 2.24) is 0 Å². The van der Waals surface area contributed by atoms with Gasteiger partial charge in [0.15, 0.2) is 0 Å². The molecule has 0 fully saturated rings. The zero-order valence-electron chi connectivity index (χ0n) is 7.12. The average Bonchev–Trinajstić information content (AvgIpc) is 2.04. The van der Waals surface area contributed by atoms with Crippen molar-refractivity contribution < 1.29 is 5.11 Å². The van der Waals surface area contributed by atoms with Crippen LogP contribution in [-0.2, 0) is 0 Å². The topological polar surface area (TPSA) is 58.3 Å². The molecule has 0 aromatic heterocycles. The Balaban J connectivity index is 2.63. The number of benzene rings is 1. The highest BCUT2D eigenvalue weighted by molar-refractivity contribution is 5.48. The zero-order chi connectivity index (χ0) is 8.97. The maximum absolute atomic E-state index is 9.13. The van der Waals surface area contributed by atoms with Crippen LogP contribution in [0.25, 0.3) is 0 Å². The number of phenols is 1. The van der Waals surface area contributed by atoms with Crippen LogP contribution in [0, 0.1) is 0 Å². The molecule has 0 saturated heterocycles. The van der Waals surface area contributed by atoms with E-state index in [1.54, 1.807) is 18.2 Å². The molecule has 0 radical (unpaired) electrons. The molecule has 1 rings (SSSR count). The first-order chi connectivity index (χ1) is 5.72. The van der Waals surface area contributed by atoms with E-state index >= 15 is 0 Å². The smallest absolute Gasteiger partial charge is 0.117 e. The maximum Gasteiger partial charge on any atom is 0.117 e. The second-order valence-electron chi connectivity index (χ2n) is 2.83. The molecule has 4 N–H and O–H groups in total. The molecule has 0 bridgehead atoms. The van der Waals surface area contributed by atoms with Gasteiger partial charge in [0, 0.05) is 24.3 Å². The van der Waals surface area contributed by atoms with Gasteiger partial charge in [-0.15, -0.1) is 0 Å². The Morgan fingerprint density at radius 3 is 2.92 bits per heavy atom. The highest BCUT2D eigenvalue weighted by Crippen LogP contribution is 2.15. The summed E-state index contributed by atoms with van der Waals surface area (Å²) in [6, 6.07) is 7.23. The third kappa shape index (κ3) is 2.43. The van der Waals surface area contributed by atoms with Gasteiger partial charge in [0.05, 0.1) is 0 Å². The average molecular weight is 166 g/mol. The second kappa shape index (κ2) is 3.97. The lowest BCUT2D eigenvalue weighted by Crippen LogP contribution is -2.24. The Bertz CT molecular complexity index is 250. The van der Waals surface area contributed by atoms with Crippen molar-refractivity contribution in [3.63, 3.8) is 0 Å². The monoisotopic (exact) mass is 166 g/mol. The van der Waals surface area contributed by atoms with E-state index in [4.69, 9.17) is 10.8 Å². The van der Waals surface area contributed by atoms with Crippen molar-refractivity contribution in [1.29, 1.82) is 0 Å². The summed E-state index contributed by atoms with van der Waals surface area (Å²) in [6.07, 6.45) is 0. The van der Waals surface area contributed by atoms with Gasteiger partial charge in [0.25, 0.3) is 0 Å². The van der Waals surface area contributed by atoms with E-state index in [-0.39, 0.29) is 11.8 Å². The van der Waals surface area contributed by atoms with E-state index in [0.717, 1.165) is 5.69 Å². The lowest BCUT2D eigenvalue weighted by molar-refractivity contribution is 0.475. The molecule has 1 aromatic rings. The van der Waals surface area contributed by atoms with Gasteiger partial charge in [-0.25, -0.2) is 0 Å². The fourth-order valence-electron chi connectivity index (χ4n) is 0.939. The standard InChI is InChI=1S/C9H14N2O/c1-7(6-10)11-8-3-2-4-9(12)5-8/h2-5,7,11-12H,6,10H2,1H3. The molecule has 0 aliphatic rings. The number of nitrogens with two attached hydrogens (primary N) is 1. The maximum atomic E-state index is 9.13. The van der Waals surface area contributed by atoms with Gasteiger partial charge >= 0.3 is 0 Å². The van der Waals surface area contributed by atoms with E-state index < -0.39 is 0 Å². The van der Waals surface area contributed by atoms with Crippen LogP contribution in [0.3, 0.4) is 0 Å². The summed E-state index contributed by atoms with van der Waals surface area (Å²) in [7, 11) is 0. The summed E-state index contributed by atoms with van der Waals surface area (Å²) in [5.74, 6) is 0.268. The van der Waals surface area contributed by atoms with Crippen LogP contribution in [0.4, 0.5) is 5.69 Å². The van der Waals surface area contributed by atoms with Gasteiger partial charge in [0.1, 0.15) is 5.75 Å². The minimum Gasteiger partial charge on any atom is -0.508 e. The Labute approximate surface area is 72.2 Å². The fourth-order valence-corrected chi connectivity index (χ4v) is 0.939. The molecule has 0 spiro atoms. The summed E-state index contributed by atoms with van der Waals surface area (Å²) in [5, 5.41) is 12.3. The van der Waals surface area contributed by atoms with Crippen LogP contribution in [-0.4, -0.2) is 17.7 Å². The van der Waals surface area contributed by atoms with Gasteiger partial charge in [-0.05, 0) is 19.1 Å². The summed E-state index contributed by atoms with van der Waals surface area (Å²) in [4.78, 5) is 0. The number of aromatic hydroxyl groups is 1. The molecule has 1 aromatic carbocycles. The molecule has 0 amide bonds. The first-order valence-corrected chi connectivity index (χ1v) is 3.98. The van der Waals surface area contributed by atoms with E-state index in [1.165, 1.54) is 0 Å². The normalized spacial score (nSPS) is 12.5. The minimum atomic E-state index is 0.229. The first-order valence-electron chi connectivity index (χ1n) is 3.98. The highest BCUT2D eigenvalue weighted by atomic mass is 16.3. The van der Waals surface area contributed by atoms with Crippen LogP contribution in [0.1, 0.15) is 6.92 Å². The van der Waals surface area contributed by atoms with Crippen molar-refractivity contribution >= 4 is 5.69 Å². The molecule has 3 nitrogen and oxygen atoms in total. The SMILES string of the molecule is CC(CN)Nc1cccc(O)c1. The van der Waals surface area contributed by atoms with Crippen molar-refractivity contribution in [2.45, 2.75) is 13.0 Å². The third-order valence-electron chi connectivity index (χ3n) is 1.61. The number of anilines is 1. The van der Waals surface area contributed by atoms with E-state index in [9.17, 15) is 0 Å². The van der Waals surface area contributed by atoms with Gasteiger partial charge in [-0.2, -0.15) is 0 Å². The molecule has 3 heteroatoms. The van der Waals surface area contributed by atoms with Gasteiger partial charge in [-0.1, -0.05) is 6.07 Å². The molecule has 1 atom stereocenters. The number of nitrogens with one attached hydrogen (secondary N) is 1. The summed E-state index contributed by atoms with van der Waals surface area (Å²) in [5.41, 5.74) is 6.33. The Kier molecular flexibility index (Phi) is 2.94. The molecule has 12 heavy (non-hydrogen) atoms. The van der Waals surface area contributed by atoms with E-state index in [0.29, 0.717) is 6.54 Å². The molecule has 0 heterocycles. The van der Waals surface area contributed by atoms with Gasteiger partial charge in [0.2, 0.25) is 0 Å². The lowest BCUT2D eigenvalue weighted by Gasteiger charge is -2.12. The Hall–Kier alpha value is -1.22. The number of phenolic OH excluding ortho intramolecular Hbond substituents is 1. The third-order valence-corrected chi connectivity index (χ3v) is 1.61. The summed E-state index contributed by atoms with van der Waals surface area (Å²) >= 11 is 0. The van der Waals surface area contributed by atoms with Crippen LogP contribution in [0.15, 0.2) is 24.3 Å². The van der Waals surface area contributed by atoms with Crippen molar-refractivity contribution in [3.8, 4) is 5.75 Å². The van der Waals surface area contributed by atoms with Crippen LogP contribution >= 0.6 is 0 Å². The Morgan fingerprint density at radius 2 is 2.33 bits per heavy atom. The summed E-state index contributed by atoms with van der Waals surface area (Å²) in [6.45, 7) is 2.57. The highest BCUT2D eigenvalue weighted by Gasteiger charge is 1.98. The van der Waals surface area contributed by atoms with Crippen LogP contribution in [0.5, 0.6) is 5.75 Å². The van der Waals surface area contributed by atoms with Gasteiger partial charge < -0.3 is 16.2 Å². The predicted octanol–water partition coefficient (Wildman–Crippen LogP) is 1.15.